The summed E-state index contributed by atoms with van der Waals surface area (Å²) in [5.41, 5.74) is 1.95. The van der Waals surface area contributed by atoms with Crippen molar-refractivity contribution in [3.05, 3.63) is 29.8 Å². The molecule has 0 bridgehead atoms. The second-order valence-electron chi connectivity index (χ2n) is 4.69. The molecule has 0 aliphatic rings. The number of hydrogen-bond donors (Lipinski definition) is 1. The van der Waals surface area contributed by atoms with Crippen molar-refractivity contribution in [3.8, 4) is 0 Å². The van der Waals surface area contributed by atoms with Gasteiger partial charge < -0.3 is 10.1 Å². The molecule has 0 aromatic heterocycles. The van der Waals surface area contributed by atoms with Crippen molar-refractivity contribution in [1.29, 1.82) is 0 Å². The van der Waals surface area contributed by atoms with Gasteiger partial charge in [0.25, 0.3) is 0 Å². The van der Waals surface area contributed by atoms with Crippen molar-refractivity contribution < 1.29 is 17.9 Å². The van der Waals surface area contributed by atoms with Gasteiger partial charge in [0, 0.05) is 25.3 Å². The lowest BCUT2D eigenvalue weighted by Gasteiger charge is -2.16. The highest BCUT2D eigenvalue weighted by Crippen LogP contribution is 2.23. The van der Waals surface area contributed by atoms with Gasteiger partial charge in [-0.2, -0.15) is 13.2 Å². The summed E-state index contributed by atoms with van der Waals surface area (Å²) >= 11 is 0. The number of alkyl halides is 3. The number of hydrogen-bond acceptors (Lipinski definition) is 2. The molecule has 0 spiro atoms. The van der Waals surface area contributed by atoms with Crippen molar-refractivity contribution in [2.45, 2.75) is 45.0 Å². The van der Waals surface area contributed by atoms with E-state index in [2.05, 4.69) is 5.32 Å². The second kappa shape index (κ2) is 7.38. The quantitative estimate of drug-likeness (QED) is 0.798. The summed E-state index contributed by atoms with van der Waals surface area (Å²) in [6.07, 6.45) is -4.13. The van der Waals surface area contributed by atoms with E-state index < -0.39 is 12.6 Å². The smallest absolute Gasteiger partial charge is 0.383 e. The molecule has 1 N–H and O–H groups in total. The summed E-state index contributed by atoms with van der Waals surface area (Å²) in [5, 5.41) is 3.20. The monoisotopic (exact) mass is 275 g/mol. The van der Waals surface area contributed by atoms with Gasteiger partial charge in [0.1, 0.15) is 0 Å². The lowest BCUT2D eigenvalue weighted by molar-refractivity contribution is -0.135. The highest BCUT2D eigenvalue weighted by Gasteiger charge is 2.26. The third-order valence-corrected chi connectivity index (χ3v) is 2.75. The first-order valence-corrected chi connectivity index (χ1v) is 6.32. The first-order valence-electron chi connectivity index (χ1n) is 6.32. The van der Waals surface area contributed by atoms with E-state index in [9.17, 15) is 13.2 Å². The van der Waals surface area contributed by atoms with Gasteiger partial charge in [0.15, 0.2) is 0 Å². The van der Waals surface area contributed by atoms with E-state index in [1.807, 2.05) is 31.2 Å². The van der Waals surface area contributed by atoms with Gasteiger partial charge in [0.05, 0.1) is 6.61 Å². The molecule has 0 saturated carbocycles. The molecule has 0 amide bonds. The zero-order chi connectivity index (χ0) is 14.3. The topological polar surface area (TPSA) is 21.3 Å². The third-order valence-electron chi connectivity index (χ3n) is 2.75. The van der Waals surface area contributed by atoms with E-state index in [1.165, 1.54) is 0 Å². The van der Waals surface area contributed by atoms with Crippen molar-refractivity contribution in [1.82, 2.24) is 0 Å². The fourth-order valence-electron chi connectivity index (χ4n) is 1.88. The Labute approximate surface area is 112 Å². The van der Waals surface area contributed by atoms with Crippen LogP contribution < -0.4 is 5.32 Å². The number of benzene rings is 1. The number of rotatable bonds is 7. The Morgan fingerprint density at radius 3 is 2.68 bits per heavy atom. The Kier molecular flexibility index (Phi) is 6.15. The summed E-state index contributed by atoms with van der Waals surface area (Å²) in [6, 6.07) is 7.71. The standard InChI is InChI=1S/C14H20F3NO/c1-11(5-4-8-14(15,16)17)18-13-7-3-6-12(9-13)10-19-2/h3,6-7,9,11,18H,4-5,8,10H2,1-2H3. The Morgan fingerprint density at radius 2 is 2.05 bits per heavy atom. The Balaban J connectivity index is 2.39. The predicted molar refractivity (Wildman–Crippen MR) is 70.1 cm³/mol. The maximum atomic E-state index is 12.0. The van der Waals surface area contributed by atoms with Crippen LogP contribution in [-0.2, 0) is 11.3 Å². The maximum absolute atomic E-state index is 12.0. The van der Waals surface area contributed by atoms with Gasteiger partial charge in [-0.15, -0.1) is 0 Å². The van der Waals surface area contributed by atoms with E-state index in [1.54, 1.807) is 7.11 Å². The largest absolute Gasteiger partial charge is 0.389 e. The molecule has 1 aromatic carbocycles. The molecule has 19 heavy (non-hydrogen) atoms. The molecule has 1 aromatic rings. The van der Waals surface area contributed by atoms with Gasteiger partial charge in [-0.3, -0.25) is 0 Å². The summed E-state index contributed by atoms with van der Waals surface area (Å²) < 4.78 is 41.1. The van der Waals surface area contributed by atoms with E-state index in [0.717, 1.165) is 11.3 Å². The van der Waals surface area contributed by atoms with Crippen molar-refractivity contribution in [2.24, 2.45) is 0 Å². The lowest BCUT2D eigenvalue weighted by Crippen LogP contribution is -2.16. The molecule has 1 rings (SSSR count). The molecule has 0 aliphatic carbocycles. The summed E-state index contributed by atoms with van der Waals surface area (Å²) in [6.45, 7) is 2.41. The SMILES string of the molecule is COCc1cccc(NC(C)CCCC(F)(F)F)c1. The van der Waals surface area contributed by atoms with Crippen LogP contribution in [0.5, 0.6) is 0 Å². The zero-order valence-corrected chi connectivity index (χ0v) is 11.3. The normalized spacial score (nSPS) is 13.3. The second-order valence-corrected chi connectivity index (χ2v) is 4.69. The van der Waals surface area contributed by atoms with Crippen LogP contribution in [0.15, 0.2) is 24.3 Å². The summed E-state index contributed by atoms with van der Waals surface area (Å²) in [5.74, 6) is 0. The third kappa shape index (κ3) is 7.06. The van der Waals surface area contributed by atoms with Gasteiger partial charge in [-0.25, -0.2) is 0 Å². The molecule has 5 heteroatoms. The van der Waals surface area contributed by atoms with Crippen LogP contribution in [-0.4, -0.2) is 19.3 Å². The van der Waals surface area contributed by atoms with Crippen molar-refractivity contribution in [3.63, 3.8) is 0 Å². The molecule has 1 unspecified atom stereocenters. The Bertz CT molecular complexity index is 379. The van der Waals surface area contributed by atoms with Gasteiger partial charge in [0.2, 0.25) is 0 Å². The average Bonchev–Trinajstić information content (AvgIpc) is 2.28. The van der Waals surface area contributed by atoms with Gasteiger partial charge in [-0.1, -0.05) is 12.1 Å². The number of ether oxygens (including phenoxy) is 1. The molecular weight excluding hydrogens is 255 g/mol. The van der Waals surface area contributed by atoms with Gasteiger partial charge in [-0.05, 0) is 37.5 Å². The zero-order valence-electron chi connectivity index (χ0n) is 11.3. The van der Waals surface area contributed by atoms with Crippen LogP contribution in [0, 0.1) is 0 Å². The number of nitrogens with one attached hydrogen (secondary N) is 1. The van der Waals surface area contributed by atoms with E-state index >= 15 is 0 Å². The van der Waals surface area contributed by atoms with Crippen LogP contribution in [0.4, 0.5) is 18.9 Å². The molecule has 108 valence electrons. The van der Waals surface area contributed by atoms with Crippen LogP contribution >= 0.6 is 0 Å². The number of methoxy groups -OCH3 is 1. The molecule has 1 atom stereocenters. The Hall–Kier alpha value is -1.23. The minimum absolute atomic E-state index is 0.0140. The first kappa shape index (κ1) is 15.8. The molecule has 2 nitrogen and oxygen atoms in total. The molecule has 0 fully saturated rings. The fourth-order valence-corrected chi connectivity index (χ4v) is 1.88. The number of anilines is 1. The highest BCUT2D eigenvalue weighted by atomic mass is 19.4. The van der Waals surface area contributed by atoms with Crippen molar-refractivity contribution >= 4 is 5.69 Å². The molecule has 0 aliphatic heterocycles. The van der Waals surface area contributed by atoms with E-state index in [4.69, 9.17) is 4.74 Å². The molecule has 0 radical (unpaired) electrons. The fraction of sp³-hybridized carbons (Fsp3) is 0.571. The molecule has 0 saturated heterocycles. The minimum atomic E-state index is -4.06. The maximum Gasteiger partial charge on any atom is 0.389 e. The summed E-state index contributed by atoms with van der Waals surface area (Å²) in [7, 11) is 1.62. The predicted octanol–water partition coefficient (Wildman–Crippen LogP) is 4.37. The summed E-state index contributed by atoms with van der Waals surface area (Å²) in [4.78, 5) is 0. The lowest BCUT2D eigenvalue weighted by atomic mass is 10.1. The van der Waals surface area contributed by atoms with E-state index in [-0.39, 0.29) is 12.5 Å². The van der Waals surface area contributed by atoms with Gasteiger partial charge >= 0.3 is 6.18 Å². The number of halogens is 3. The first-order chi connectivity index (χ1) is 8.90. The van der Waals surface area contributed by atoms with Crippen LogP contribution in [0.3, 0.4) is 0 Å². The average molecular weight is 275 g/mol. The minimum Gasteiger partial charge on any atom is -0.383 e. The van der Waals surface area contributed by atoms with E-state index in [0.29, 0.717) is 13.0 Å². The molecule has 0 heterocycles. The van der Waals surface area contributed by atoms with Crippen LogP contribution in [0.1, 0.15) is 31.7 Å². The highest BCUT2D eigenvalue weighted by molar-refractivity contribution is 5.46. The van der Waals surface area contributed by atoms with Crippen LogP contribution in [0.25, 0.3) is 0 Å². The Morgan fingerprint density at radius 1 is 1.32 bits per heavy atom. The molecular formula is C14H20F3NO. The van der Waals surface area contributed by atoms with Crippen LogP contribution in [0.2, 0.25) is 0 Å². The van der Waals surface area contributed by atoms with Crippen molar-refractivity contribution in [2.75, 3.05) is 12.4 Å².